The van der Waals surface area contributed by atoms with Gasteiger partial charge in [0.1, 0.15) is 0 Å². The van der Waals surface area contributed by atoms with Crippen LogP contribution in [0.5, 0.6) is 0 Å². The second kappa shape index (κ2) is 8.65. The SMILES string of the molecule is Cc1nn(-c2ccccc2)c(C)c1CC(=O)O[C@@H](C)C(=O)NCC(C)C. The van der Waals surface area contributed by atoms with E-state index in [9.17, 15) is 9.59 Å². The fourth-order valence-electron chi connectivity index (χ4n) is 2.64. The van der Waals surface area contributed by atoms with E-state index in [1.807, 2.05) is 62.7 Å². The van der Waals surface area contributed by atoms with Gasteiger partial charge in [-0.05, 0) is 38.8 Å². The molecule has 0 bridgehead atoms. The van der Waals surface area contributed by atoms with Crippen LogP contribution >= 0.6 is 0 Å². The number of ether oxygens (including phenoxy) is 1. The highest BCUT2D eigenvalue weighted by atomic mass is 16.5. The van der Waals surface area contributed by atoms with Crippen molar-refractivity contribution in [3.63, 3.8) is 0 Å². The van der Waals surface area contributed by atoms with Crippen molar-refractivity contribution in [3.8, 4) is 5.69 Å². The molecule has 6 heteroatoms. The van der Waals surface area contributed by atoms with Crippen molar-refractivity contribution in [2.24, 2.45) is 5.92 Å². The summed E-state index contributed by atoms with van der Waals surface area (Å²) >= 11 is 0. The van der Waals surface area contributed by atoms with Gasteiger partial charge in [0, 0.05) is 17.8 Å². The van der Waals surface area contributed by atoms with Crippen molar-refractivity contribution in [3.05, 3.63) is 47.3 Å². The summed E-state index contributed by atoms with van der Waals surface area (Å²) in [5.41, 5.74) is 3.44. The van der Waals surface area contributed by atoms with E-state index in [1.54, 1.807) is 6.92 Å². The number of amides is 1. The molecule has 0 aliphatic carbocycles. The Hall–Kier alpha value is -2.63. The molecule has 1 aromatic carbocycles. The number of para-hydroxylation sites is 1. The molecule has 26 heavy (non-hydrogen) atoms. The highest BCUT2D eigenvalue weighted by molar-refractivity contribution is 5.84. The third-order valence-electron chi connectivity index (χ3n) is 4.13. The van der Waals surface area contributed by atoms with E-state index in [0.29, 0.717) is 12.5 Å². The monoisotopic (exact) mass is 357 g/mol. The molecular formula is C20H27N3O3. The molecule has 1 atom stereocenters. The van der Waals surface area contributed by atoms with Crippen LogP contribution in [0.3, 0.4) is 0 Å². The molecule has 6 nitrogen and oxygen atoms in total. The van der Waals surface area contributed by atoms with Gasteiger partial charge in [-0.25, -0.2) is 4.68 Å². The fraction of sp³-hybridized carbons (Fsp3) is 0.450. The molecule has 0 saturated heterocycles. The first-order valence-electron chi connectivity index (χ1n) is 8.87. The summed E-state index contributed by atoms with van der Waals surface area (Å²) in [4.78, 5) is 24.2. The first-order chi connectivity index (χ1) is 12.3. The Kier molecular flexibility index (Phi) is 6.55. The maximum Gasteiger partial charge on any atom is 0.311 e. The van der Waals surface area contributed by atoms with Crippen molar-refractivity contribution < 1.29 is 14.3 Å². The number of rotatable bonds is 7. The van der Waals surface area contributed by atoms with E-state index in [-0.39, 0.29) is 12.3 Å². The summed E-state index contributed by atoms with van der Waals surface area (Å²) in [5, 5.41) is 7.29. The Labute approximate surface area is 154 Å². The van der Waals surface area contributed by atoms with Crippen molar-refractivity contribution >= 4 is 11.9 Å². The Balaban J connectivity index is 2.03. The summed E-state index contributed by atoms with van der Waals surface area (Å²) < 4.78 is 7.10. The largest absolute Gasteiger partial charge is 0.452 e. The lowest BCUT2D eigenvalue weighted by Crippen LogP contribution is -2.37. The van der Waals surface area contributed by atoms with Gasteiger partial charge in [0.05, 0.1) is 17.8 Å². The van der Waals surface area contributed by atoms with Crippen LogP contribution in [0.25, 0.3) is 5.69 Å². The summed E-state index contributed by atoms with van der Waals surface area (Å²) in [7, 11) is 0. The van der Waals surface area contributed by atoms with Crippen molar-refractivity contribution in [2.45, 2.75) is 47.1 Å². The smallest absolute Gasteiger partial charge is 0.311 e. The predicted molar refractivity (Wildman–Crippen MR) is 100 cm³/mol. The Morgan fingerprint density at radius 2 is 1.81 bits per heavy atom. The number of benzene rings is 1. The number of hydrogen-bond donors (Lipinski definition) is 1. The molecule has 140 valence electrons. The first-order valence-corrected chi connectivity index (χ1v) is 8.87. The number of nitrogens with zero attached hydrogens (tertiary/aromatic N) is 2. The minimum Gasteiger partial charge on any atom is -0.452 e. The minimum absolute atomic E-state index is 0.0896. The number of carbonyl (C=O) groups excluding carboxylic acids is 2. The highest BCUT2D eigenvalue weighted by Gasteiger charge is 2.21. The molecule has 0 saturated carbocycles. The maximum absolute atomic E-state index is 12.3. The fourth-order valence-corrected chi connectivity index (χ4v) is 2.64. The van der Waals surface area contributed by atoms with Gasteiger partial charge in [-0.15, -0.1) is 0 Å². The molecule has 0 spiro atoms. The van der Waals surface area contributed by atoms with E-state index < -0.39 is 12.1 Å². The summed E-state index contributed by atoms with van der Waals surface area (Å²) in [6.07, 6.45) is -0.724. The number of hydrogen-bond acceptors (Lipinski definition) is 4. The lowest BCUT2D eigenvalue weighted by molar-refractivity contribution is -0.154. The van der Waals surface area contributed by atoms with Gasteiger partial charge in [0.25, 0.3) is 5.91 Å². The summed E-state index contributed by atoms with van der Waals surface area (Å²) in [6, 6.07) is 9.75. The van der Waals surface area contributed by atoms with E-state index >= 15 is 0 Å². The molecule has 0 radical (unpaired) electrons. The zero-order valence-corrected chi connectivity index (χ0v) is 16.1. The third kappa shape index (κ3) is 4.94. The topological polar surface area (TPSA) is 73.2 Å². The van der Waals surface area contributed by atoms with Gasteiger partial charge < -0.3 is 10.1 Å². The molecule has 0 unspecified atom stereocenters. The lowest BCUT2D eigenvalue weighted by Gasteiger charge is -2.14. The molecule has 2 rings (SSSR count). The van der Waals surface area contributed by atoms with E-state index in [1.165, 1.54) is 0 Å². The molecule has 1 heterocycles. The van der Waals surface area contributed by atoms with Crippen LogP contribution in [0.1, 0.15) is 37.7 Å². The number of esters is 1. The third-order valence-corrected chi connectivity index (χ3v) is 4.13. The molecular weight excluding hydrogens is 330 g/mol. The molecule has 2 aromatic rings. The number of carbonyl (C=O) groups is 2. The van der Waals surface area contributed by atoms with Gasteiger partial charge in [0.2, 0.25) is 0 Å². The molecule has 0 aliphatic heterocycles. The molecule has 1 amide bonds. The average molecular weight is 357 g/mol. The quantitative estimate of drug-likeness (QED) is 0.773. The molecule has 0 aliphatic rings. The molecule has 1 N–H and O–H groups in total. The normalized spacial score (nSPS) is 12.1. The highest BCUT2D eigenvalue weighted by Crippen LogP contribution is 2.19. The van der Waals surface area contributed by atoms with Crippen LogP contribution in [0.2, 0.25) is 0 Å². The average Bonchev–Trinajstić information content (AvgIpc) is 2.88. The van der Waals surface area contributed by atoms with Crippen molar-refractivity contribution in [1.29, 1.82) is 0 Å². The van der Waals surface area contributed by atoms with Gasteiger partial charge in [-0.3, -0.25) is 9.59 Å². The van der Waals surface area contributed by atoms with Crippen LogP contribution in [0, 0.1) is 19.8 Å². The van der Waals surface area contributed by atoms with Crippen LogP contribution in [-0.2, 0) is 20.7 Å². The van der Waals surface area contributed by atoms with E-state index in [4.69, 9.17) is 4.74 Å². The van der Waals surface area contributed by atoms with Gasteiger partial charge in [-0.2, -0.15) is 5.10 Å². The van der Waals surface area contributed by atoms with Crippen LogP contribution in [-0.4, -0.2) is 34.3 Å². The van der Waals surface area contributed by atoms with Crippen molar-refractivity contribution in [2.75, 3.05) is 6.54 Å². The second-order valence-electron chi connectivity index (χ2n) is 6.84. The van der Waals surface area contributed by atoms with Gasteiger partial charge in [-0.1, -0.05) is 32.0 Å². The maximum atomic E-state index is 12.3. The number of aryl methyl sites for hydroxylation is 1. The van der Waals surface area contributed by atoms with Crippen LogP contribution in [0.4, 0.5) is 0 Å². The Bertz CT molecular complexity index is 766. The van der Waals surface area contributed by atoms with Gasteiger partial charge >= 0.3 is 5.97 Å². The second-order valence-corrected chi connectivity index (χ2v) is 6.84. The molecule has 1 aromatic heterocycles. The first kappa shape index (κ1) is 19.7. The zero-order valence-electron chi connectivity index (χ0n) is 16.1. The molecule has 0 fully saturated rings. The van der Waals surface area contributed by atoms with E-state index in [0.717, 1.165) is 22.6 Å². The van der Waals surface area contributed by atoms with Crippen LogP contribution < -0.4 is 5.32 Å². The number of nitrogens with one attached hydrogen (secondary N) is 1. The standard InChI is InChI=1S/C20H27N3O3/c1-13(2)12-21-20(25)16(5)26-19(24)11-18-14(3)22-23(15(18)4)17-9-7-6-8-10-17/h6-10,13,16H,11-12H2,1-5H3,(H,21,25)/t16-/m0/s1. The zero-order chi connectivity index (χ0) is 19.3. The van der Waals surface area contributed by atoms with E-state index in [2.05, 4.69) is 10.4 Å². The summed E-state index contributed by atoms with van der Waals surface area (Å²) in [5.74, 6) is -0.368. The predicted octanol–water partition coefficient (Wildman–Crippen LogP) is 2.74. The minimum atomic E-state index is -0.814. The van der Waals surface area contributed by atoms with Crippen molar-refractivity contribution in [1.82, 2.24) is 15.1 Å². The Morgan fingerprint density at radius 3 is 2.42 bits per heavy atom. The summed E-state index contributed by atoms with van der Waals surface area (Å²) in [6.45, 7) is 9.95. The van der Waals surface area contributed by atoms with Gasteiger partial charge in [0.15, 0.2) is 6.10 Å². The van der Waals surface area contributed by atoms with Crippen LogP contribution in [0.15, 0.2) is 30.3 Å². The Morgan fingerprint density at radius 1 is 1.15 bits per heavy atom. The number of aromatic nitrogens is 2. The lowest BCUT2D eigenvalue weighted by atomic mass is 10.1.